The van der Waals surface area contributed by atoms with Crippen molar-refractivity contribution in [3.8, 4) is 0 Å². The second kappa shape index (κ2) is 6.72. The Morgan fingerprint density at radius 2 is 1.95 bits per heavy atom. The molecule has 2 fully saturated rings. The molecule has 3 rings (SSSR count). The highest BCUT2D eigenvalue weighted by Crippen LogP contribution is 2.48. The second-order valence-electron chi connectivity index (χ2n) is 7.39. The summed E-state index contributed by atoms with van der Waals surface area (Å²) in [6, 6.07) is 10.5. The Bertz CT molecular complexity index is 499. The zero-order chi connectivity index (χ0) is 15.5. The lowest BCUT2D eigenvalue weighted by Crippen LogP contribution is -2.42. The van der Waals surface area contributed by atoms with Gasteiger partial charge in [0.2, 0.25) is 5.91 Å². The monoisotopic (exact) mass is 300 g/mol. The van der Waals surface area contributed by atoms with Crippen molar-refractivity contribution in [1.82, 2.24) is 5.32 Å². The van der Waals surface area contributed by atoms with Crippen LogP contribution in [-0.4, -0.2) is 18.5 Å². The molecule has 4 atom stereocenters. The number of benzene rings is 1. The Morgan fingerprint density at radius 3 is 2.55 bits per heavy atom. The van der Waals surface area contributed by atoms with E-state index in [2.05, 4.69) is 36.6 Å². The zero-order valence-electron chi connectivity index (χ0n) is 13.7. The van der Waals surface area contributed by atoms with Gasteiger partial charge in [-0.15, -0.1) is 0 Å². The third-order valence-corrected chi connectivity index (χ3v) is 5.50. The van der Waals surface area contributed by atoms with E-state index in [1.54, 1.807) is 0 Å². The molecule has 2 aliphatic carbocycles. The number of amides is 1. The van der Waals surface area contributed by atoms with Crippen LogP contribution in [0.15, 0.2) is 30.3 Å². The summed E-state index contributed by atoms with van der Waals surface area (Å²) in [6.45, 7) is 5.11. The molecule has 3 nitrogen and oxygen atoms in total. The maximum absolute atomic E-state index is 12.5. The average molecular weight is 300 g/mol. The smallest absolute Gasteiger partial charge is 0.223 e. The van der Waals surface area contributed by atoms with E-state index in [-0.39, 0.29) is 17.9 Å². The van der Waals surface area contributed by atoms with E-state index in [4.69, 9.17) is 0 Å². The molecule has 0 aliphatic heterocycles. The highest BCUT2D eigenvalue weighted by atomic mass is 16.1. The van der Waals surface area contributed by atoms with Crippen LogP contribution in [0.2, 0.25) is 0 Å². The lowest BCUT2D eigenvalue weighted by atomic mass is 9.88. The summed E-state index contributed by atoms with van der Waals surface area (Å²) in [5.74, 6) is 2.52. The fraction of sp³-hybridized carbons (Fsp3) is 0.632. The van der Waals surface area contributed by atoms with Crippen LogP contribution in [0.5, 0.6) is 0 Å². The number of hydrogen-bond acceptors (Lipinski definition) is 2. The quantitative estimate of drug-likeness (QED) is 0.841. The number of anilines is 1. The van der Waals surface area contributed by atoms with Crippen LogP contribution >= 0.6 is 0 Å². The van der Waals surface area contributed by atoms with E-state index in [9.17, 15) is 4.79 Å². The largest absolute Gasteiger partial charge is 0.380 e. The minimum absolute atomic E-state index is 0.268. The van der Waals surface area contributed by atoms with Gasteiger partial charge >= 0.3 is 0 Å². The van der Waals surface area contributed by atoms with Crippen LogP contribution in [0.4, 0.5) is 5.69 Å². The Labute approximate surface area is 133 Å². The van der Waals surface area contributed by atoms with Crippen LogP contribution < -0.4 is 10.6 Å². The van der Waals surface area contributed by atoms with Gasteiger partial charge in [0, 0.05) is 24.2 Å². The topological polar surface area (TPSA) is 41.1 Å². The van der Waals surface area contributed by atoms with Gasteiger partial charge in [-0.25, -0.2) is 0 Å². The van der Waals surface area contributed by atoms with Gasteiger partial charge in [0.05, 0.1) is 0 Å². The summed E-state index contributed by atoms with van der Waals surface area (Å²) < 4.78 is 0. The molecule has 0 radical (unpaired) electrons. The molecule has 0 saturated heterocycles. The molecule has 22 heavy (non-hydrogen) atoms. The van der Waals surface area contributed by atoms with E-state index in [1.807, 2.05) is 18.2 Å². The third kappa shape index (κ3) is 3.45. The minimum atomic E-state index is 0.268. The number of fused-ring (bicyclic) bond motifs is 2. The predicted octanol–water partition coefficient (Wildman–Crippen LogP) is 3.68. The molecule has 4 unspecified atom stereocenters. The fourth-order valence-corrected chi connectivity index (χ4v) is 4.11. The Morgan fingerprint density at radius 1 is 1.18 bits per heavy atom. The fourth-order valence-electron chi connectivity index (χ4n) is 4.11. The first-order valence-corrected chi connectivity index (χ1v) is 8.72. The molecule has 2 N–H and O–H groups in total. The molecule has 0 heterocycles. The van der Waals surface area contributed by atoms with Crippen LogP contribution in [0.1, 0.15) is 39.5 Å². The van der Waals surface area contributed by atoms with Gasteiger partial charge in [0.1, 0.15) is 0 Å². The van der Waals surface area contributed by atoms with Gasteiger partial charge in [-0.3, -0.25) is 4.79 Å². The van der Waals surface area contributed by atoms with Crippen molar-refractivity contribution in [2.24, 2.45) is 23.7 Å². The maximum atomic E-state index is 12.5. The Balaban J connectivity index is 1.52. The van der Waals surface area contributed by atoms with Gasteiger partial charge in [-0.05, 0) is 49.1 Å². The first-order valence-electron chi connectivity index (χ1n) is 8.72. The van der Waals surface area contributed by atoms with Crippen molar-refractivity contribution in [1.29, 1.82) is 0 Å². The van der Waals surface area contributed by atoms with Crippen molar-refractivity contribution in [3.63, 3.8) is 0 Å². The number of carbonyl (C=O) groups is 1. The first kappa shape index (κ1) is 15.4. The molecular weight excluding hydrogens is 272 g/mol. The minimum Gasteiger partial charge on any atom is -0.380 e. The zero-order valence-corrected chi connectivity index (χ0v) is 13.7. The lowest BCUT2D eigenvalue weighted by Gasteiger charge is -2.26. The molecule has 2 aliphatic rings. The molecule has 3 heteroatoms. The summed E-state index contributed by atoms with van der Waals surface area (Å²) in [7, 11) is 0. The van der Waals surface area contributed by atoms with Crippen LogP contribution in [0.3, 0.4) is 0 Å². The highest BCUT2D eigenvalue weighted by Gasteiger charge is 2.42. The van der Waals surface area contributed by atoms with Crippen LogP contribution in [-0.2, 0) is 4.79 Å². The lowest BCUT2D eigenvalue weighted by molar-refractivity contribution is -0.126. The van der Waals surface area contributed by atoms with Crippen molar-refractivity contribution < 1.29 is 4.79 Å². The summed E-state index contributed by atoms with van der Waals surface area (Å²) >= 11 is 0. The van der Waals surface area contributed by atoms with E-state index < -0.39 is 0 Å². The van der Waals surface area contributed by atoms with Crippen LogP contribution in [0.25, 0.3) is 0 Å². The van der Waals surface area contributed by atoms with Gasteiger partial charge in [0.15, 0.2) is 0 Å². The summed E-state index contributed by atoms with van der Waals surface area (Å²) in [4.78, 5) is 12.5. The molecule has 120 valence electrons. The van der Waals surface area contributed by atoms with Crippen molar-refractivity contribution in [2.45, 2.75) is 45.6 Å². The standard InChI is InChI=1S/C19H28N2O/c1-13(2)18(21-16-6-4-3-5-7-16)12-20-19(22)17-11-14-8-9-15(17)10-14/h3-7,13-15,17-18,21H,8-12H2,1-2H3,(H,20,22). The van der Waals surface area contributed by atoms with Gasteiger partial charge < -0.3 is 10.6 Å². The molecule has 0 spiro atoms. The van der Waals surface area contributed by atoms with Crippen molar-refractivity contribution in [3.05, 3.63) is 30.3 Å². The van der Waals surface area contributed by atoms with Gasteiger partial charge in [0.25, 0.3) is 0 Å². The third-order valence-electron chi connectivity index (χ3n) is 5.50. The molecule has 1 amide bonds. The normalized spacial score (nSPS) is 27.9. The summed E-state index contributed by atoms with van der Waals surface area (Å²) in [5.41, 5.74) is 1.12. The Kier molecular flexibility index (Phi) is 4.70. The number of carbonyl (C=O) groups excluding carboxylic acids is 1. The molecule has 2 saturated carbocycles. The molecular formula is C19H28N2O. The van der Waals surface area contributed by atoms with Gasteiger partial charge in [-0.1, -0.05) is 38.5 Å². The van der Waals surface area contributed by atoms with Gasteiger partial charge in [-0.2, -0.15) is 0 Å². The maximum Gasteiger partial charge on any atom is 0.223 e. The Hall–Kier alpha value is -1.51. The van der Waals surface area contributed by atoms with E-state index in [0.717, 1.165) is 18.0 Å². The molecule has 0 aromatic heterocycles. The number of para-hydroxylation sites is 1. The molecule has 2 bridgehead atoms. The van der Waals surface area contributed by atoms with Crippen LogP contribution in [0, 0.1) is 23.7 Å². The number of nitrogens with one attached hydrogen (secondary N) is 2. The SMILES string of the molecule is CC(C)C(CNC(=O)C1CC2CCC1C2)Nc1ccccc1. The number of rotatable bonds is 6. The molecule has 1 aromatic rings. The summed E-state index contributed by atoms with van der Waals surface area (Å²) in [5, 5.41) is 6.75. The second-order valence-corrected chi connectivity index (χ2v) is 7.39. The highest BCUT2D eigenvalue weighted by molar-refractivity contribution is 5.79. The van der Waals surface area contributed by atoms with E-state index in [1.165, 1.54) is 19.3 Å². The predicted molar refractivity (Wildman–Crippen MR) is 90.6 cm³/mol. The summed E-state index contributed by atoms with van der Waals surface area (Å²) in [6.07, 6.45) is 5.01. The number of hydrogen-bond donors (Lipinski definition) is 2. The van der Waals surface area contributed by atoms with E-state index in [0.29, 0.717) is 18.4 Å². The first-order chi connectivity index (χ1) is 10.6. The average Bonchev–Trinajstić information content (AvgIpc) is 3.14. The van der Waals surface area contributed by atoms with Crippen molar-refractivity contribution in [2.75, 3.05) is 11.9 Å². The molecule has 1 aromatic carbocycles. The van der Waals surface area contributed by atoms with E-state index >= 15 is 0 Å². The van der Waals surface area contributed by atoms with Crippen molar-refractivity contribution >= 4 is 11.6 Å².